The van der Waals surface area contributed by atoms with E-state index in [0.29, 0.717) is 12.2 Å². The van der Waals surface area contributed by atoms with E-state index in [1.54, 1.807) is 24.8 Å². The summed E-state index contributed by atoms with van der Waals surface area (Å²) in [6.45, 7) is 47.0. The van der Waals surface area contributed by atoms with E-state index in [-0.39, 0.29) is 16.7 Å². The third-order valence-corrected chi connectivity index (χ3v) is 29.3. The number of aryl methyl sites for hydroxylation is 6. The van der Waals surface area contributed by atoms with Gasteiger partial charge in [0.15, 0.2) is 0 Å². The summed E-state index contributed by atoms with van der Waals surface area (Å²) >= 11 is 27.8. The number of nitrogens with zero attached hydrogens (tertiary/aromatic N) is 2. The van der Waals surface area contributed by atoms with Gasteiger partial charge >= 0.3 is 0 Å². The van der Waals surface area contributed by atoms with E-state index in [1.165, 1.54) is 128 Å². The van der Waals surface area contributed by atoms with Crippen molar-refractivity contribution >= 4 is 201 Å². The molecule has 10 aromatic carbocycles. The number of hydrogen-bond donors (Lipinski definition) is 5. The first kappa shape index (κ1) is 107. The molecule has 11 rings (SSSR count). The fourth-order valence-electron chi connectivity index (χ4n) is 11.2. The van der Waals surface area contributed by atoms with Crippen LogP contribution in [-0.4, -0.2) is 56.5 Å². The predicted octanol–water partition coefficient (Wildman–Crippen LogP) is 29.8. The summed E-state index contributed by atoms with van der Waals surface area (Å²) in [4.78, 5) is 29.6. The molecule has 7 N–H and O–H groups in total. The average molecular weight is 2120 g/mol. The Morgan fingerprint density at radius 3 is 1.28 bits per heavy atom. The summed E-state index contributed by atoms with van der Waals surface area (Å²) in [5.74, 6) is -0.0616. The van der Waals surface area contributed by atoms with Gasteiger partial charge in [0.05, 0.1) is 16.8 Å². The molecule has 0 aliphatic carbocycles. The maximum Gasteiger partial charge on any atom is 0.261 e. The molecule has 1 aliphatic rings. The molecule has 2 amide bonds. The maximum absolute atomic E-state index is 11.1. The highest BCUT2D eigenvalue weighted by atomic mass is 79.9. The second kappa shape index (κ2) is 53.7. The molecule has 0 fully saturated rings. The molecule has 632 valence electrons. The van der Waals surface area contributed by atoms with E-state index in [9.17, 15) is 18.0 Å². The van der Waals surface area contributed by atoms with Crippen molar-refractivity contribution in [3.8, 4) is 0 Å². The van der Waals surface area contributed by atoms with Crippen molar-refractivity contribution in [3.05, 3.63) is 299 Å². The Kier molecular flexibility index (Phi) is 49.1. The highest BCUT2D eigenvalue weighted by Crippen LogP contribution is 2.33. The van der Waals surface area contributed by atoms with Crippen molar-refractivity contribution in [2.75, 3.05) is 41.2 Å². The number of nitrogens with two attached hydrogens (primary N) is 2. The number of nitrogens with one attached hydrogen (secondary N) is 2. The van der Waals surface area contributed by atoms with Gasteiger partial charge in [-0.25, -0.2) is 8.42 Å². The Morgan fingerprint density at radius 1 is 0.444 bits per heavy atom. The Hall–Kier alpha value is -6.02. The minimum absolute atomic E-state index is 0.0244. The van der Waals surface area contributed by atoms with Crippen LogP contribution in [0.1, 0.15) is 169 Å². The highest BCUT2D eigenvalue weighted by Gasteiger charge is 2.19. The van der Waals surface area contributed by atoms with Crippen LogP contribution in [0.5, 0.6) is 0 Å². The molecule has 10 aromatic rings. The van der Waals surface area contributed by atoms with E-state index >= 15 is 0 Å². The predicted molar refractivity (Wildman–Crippen MR) is 532 cm³/mol. The Balaban J connectivity index is 0.000000442. The summed E-state index contributed by atoms with van der Waals surface area (Å²) in [7, 11) is 1.62. The van der Waals surface area contributed by atoms with Gasteiger partial charge in [0.2, 0.25) is 11.8 Å². The zero-order valence-electron chi connectivity index (χ0n) is 72.2. The maximum atomic E-state index is 11.1. The molecule has 0 unspecified atom stereocenters. The molecule has 0 saturated heterocycles. The monoisotopic (exact) mass is 2110 g/mol. The van der Waals surface area contributed by atoms with Gasteiger partial charge < -0.3 is 32.1 Å². The number of oxime groups is 2. The van der Waals surface area contributed by atoms with Gasteiger partial charge in [-0.1, -0.05) is 197 Å². The molecular weight excluding hydrogens is 2000 g/mol. The molecule has 1 heterocycles. The van der Waals surface area contributed by atoms with Crippen LogP contribution in [-0.2, 0) is 42.7 Å². The van der Waals surface area contributed by atoms with Crippen LogP contribution in [0.3, 0.4) is 0 Å². The number of carbonyl (C=O) groups excluding carboxylic acids is 2. The molecule has 0 atom stereocenters. The molecule has 12 nitrogen and oxygen atoms in total. The van der Waals surface area contributed by atoms with E-state index in [4.69, 9.17) is 32.2 Å². The summed E-state index contributed by atoms with van der Waals surface area (Å²) < 4.78 is 29.8. The number of thioether (sulfide) groups is 2. The van der Waals surface area contributed by atoms with Crippen LogP contribution in [0.4, 0.5) is 22.7 Å². The van der Waals surface area contributed by atoms with Crippen molar-refractivity contribution in [3.63, 3.8) is 0 Å². The van der Waals surface area contributed by atoms with Crippen molar-refractivity contribution in [1.29, 1.82) is 0 Å². The van der Waals surface area contributed by atoms with Crippen LogP contribution in [0.15, 0.2) is 196 Å². The molecule has 0 aromatic heterocycles. The zero-order chi connectivity index (χ0) is 89.0. The molecule has 0 bridgehead atoms. The summed E-state index contributed by atoms with van der Waals surface area (Å²) in [5.41, 5.74) is 43.8. The molecule has 23 heteroatoms. The van der Waals surface area contributed by atoms with E-state index in [1.807, 2.05) is 134 Å². The van der Waals surface area contributed by atoms with E-state index in [0.717, 1.165) is 115 Å². The fourth-order valence-corrected chi connectivity index (χ4v) is 16.6. The Labute approximate surface area is 771 Å². The average Bonchev–Trinajstić information content (AvgIpc) is 1.65. The minimum atomic E-state index is -3.62. The first-order valence-corrected chi connectivity index (χ1v) is 48.1. The number of rotatable bonds is 10. The fraction of sp³-hybridized carbons (Fsp3) is 0.319. The Morgan fingerprint density at radius 2 is 0.829 bits per heavy atom. The lowest BCUT2D eigenvalue weighted by Gasteiger charge is -2.11. The second-order valence-electron chi connectivity index (χ2n) is 27.6. The number of anilines is 4. The van der Waals surface area contributed by atoms with Gasteiger partial charge in [-0.15, -0.1) is 23.5 Å². The van der Waals surface area contributed by atoms with Gasteiger partial charge in [-0.3, -0.25) is 9.59 Å². The van der Waals surface area contributed by atoms with Gasteiger partial charge in [-0.05, 0) is 358 Å². The lowest BCUT2D eigenvalue weighted by molar-refractivity contribution is -0.115. The van der Waals surface area contributed by atoms with Crippen LogP contribution in [0.25, 0.3) is 0 Å². The summed E-state index contributed by atoms with van der Waals surface area (Å²) in [5, 5.41) is 21.2. The first-order valence-electron chi connectivity index (χ1n) is 37.8. The summed E-state index contributed by atoms with van der Waals surface area (Å²) in [6, 6.07) is 46.0. The third-order valence-electron chi connectivity index (χ3n) is 20.0. The van der Waals surface area contributed by atoms with E-state index in [2.05, 4.69) is 289 Å². The largest absolute Gasteiger partial charge is 0.411 e. The highest BCUT2D eigenvalue weighted by molar-refractivity contribution is 9.11. The number of benzene rings is 10. The van der Waals surface area contributed by atoms with Crippen LogP contribution in [0, 0.1) is 125 Å². The SMILES string of the molecule is CC(=O)Nc1ccc(Br)c(C)c1C.CC(=O)Nc1cccc(C)c1C.CCc1ccc(Br)c(C)c1/C=N/O.CCc1ccc(Br)c(C)c1C.CCc1ccc(Br)c(C)c1C1=NOCC1.CSc1ccc(Br)c(C)c1C.CSc1cccc(C)c1C.Cc1c(Br)ccc(S(=O)(=O)Cl)c1C.Cc1c(N)ccc(Br)c1C.Cc1cccc(N)c1C. The van der Waals surface area contributed by atoms with Gasteiger partial charge in [0, 0.05) is 106 Å². The summed E-state index contributed by atoms with van der Waals surface area (Å²) in [6.07, 6.45) is 9.72. The number of halogens is 8. The van der Waals surface area contributed by atoms with E-state index < -0.39 is 9.05 Å². The van der Waals surface area contributed by atoms with Crippen LogP contribution >= 0.6 is 146 Å². The van der Waals surface area contributed by atoms with Crippen molar-refractivity contribution < 1.29 is 28.1 Å². The van der Waals surface area contributed by atoms with Gasteiger partial charge in [0.1, 0.15) is 6.61 Å². The van der Waals surface area contributed by atoms with Crippen molar-refractivity contribution in [2.45, 2.75) is 200 Å². The zero-order valence-corrected chi connectivity index (χ0v) is 86.5. The number of hydrogen-bond acceptors (Lipinski definition) is 12. The second-order valence-corrected chi connectivity index (χ2v) is 37.8. The normalized spacial score (nSPS) is 10.9. The molecular formula is C94H116Br7ClN6O6S3. The quantitative estimate of drug-likeness (QED) is 0.0219. The minimum Gasteiger partial charge on any atom is -0.411 e. The smallest absolute Gasteiger partial charge is 0.261 e. The first-order chi connectivity index (χ1) is 54.8. The van der Waals surface area contributed by atoms with Crippen LogP contribution < -0.4 is 22.1 Å². The number of carbonyl (C=O) groups is 2. The third kappa shape index (κ3) is 34.4. The lowest BCUT2D eigenvalue weighted by atomic mass is 9.95. The number of nitrogen functional groups attached to an aromatic ring is 2. The Bertz CT molecular complexity index is 5090. The standard InChI is InChI=1S/C12H14BrNO.2C10H12BrNO.C10H13Br.C10H13NO.C9H11BrS.C9H12S.C8H8BrClO2S.C8H10BrN.C8H11N/c1-3-9-4-5-10(13)8(2)12(9)11-6-7-15-14-11;1-6-7(2)10(12-8(3)13)5-4-9(6)11;1-3-8-4-5-10(11)7(2)9(8)6-12-13;1-4-9-5-6-10(11)8(3)7(9)2;1-7-5-4-6-10(8(7)2)11-9(3)12;1-6-7(2)9(11-3)5-4-8(6)10;1-7-5-4-6-9(10-3)8(7)2;1-5-6(2)8(13(10,11)12)4-3-7(5)9;1-5-6(2)8(10)4-3-7(5)9;1-6-4-3-5-8(9)7(6)2/h4-5H,3,6-7H2,1-2H3;4-5H,1-3H3,(H,12,13);4-6,13H,3H2,1-2H3;5-6H,4H2,1-3H3;4-6H,1-3H3,(H,11,12);4-5H,1-3H3;4-6H,1-3H3;3-4H,1-2H3;3-4H,10H2,1-2H3;3-5H,9H2,1-2H3/b;;12-6+;;;;;;;. The molecule has 0 spiro atoms. The molecule has 0 radical (unpaired) electrons. The lowest BCUT2D eigenvalue weighted by Crippen LogP contribution is -2.07. The number of amides is 2. The van der Waals surface area contributed by atoms with Crippen molar-refractivity contribution in [2.24, 2.45) is 10.3 Å². The topological polar surface area (TPSA) is 199 Å². The van der Waals surface area contributed by atoms with Crippen molar-refractivity contribution in [1.82, 2.24) is 0 Å². The molecule has 117 heavy (non-hydrogen) atoms. The van der Waals surface area contributed by atoms with Crippen LogP contribution in [0.2, 0.25) is 0 Å². The molecule has 0 saturated carbocycles. The van der Waals surface area contributed by atoms with Gasteiger partial charge in [0.25, 0.3) is 9.05 Å². The molecule has 1 aliphatic heterocycles. The van der Waals surface area contributed by atoms with Gasteiger partial charge in [-0.2, -0.15) is 0 Å².